The number of hydrogen-bond donors (Lipinski definition) is 5. The van der Waals surface area contributed by atoms with Gasteiger partial charge in [0, 0.05) is 29.7 Å². The SMILES string of the molecule is Nc1nc2cc(NC(O)c3ccccc3)ccc2c2nc(CCCO)[nH]c12. The summed E-state index contributed by atoms with van der Waals surface area (Å²) >= 11 is 0. The Morgan fingerprint density at radius 2 is 1.93 bits per heavy atom. The Morgan fingerprint density at radius 3 is 2.70 bits per heavy atom. The van der Waals surface area contributed by atoms with Crippen LogP contribution in [0, 0.1) is 0 Å². The zero-order valence-corrected chi connectivity index (χ0v) is 14.7. The standard InChI is InChI=1S/C20H21N5O2/c21-19-18-17(24-16(25-18)7-4-10-26)14-9-8-13(11-15(14)23-19)22-20(27)12-5-2-1-3-6-12/h1-3,5-6,8-9,11,20,22,26-27H,4,7,10H2,(H2,21,23)(H,24,25). The smallest absolute Gasteiger partial charge is 0.150 e. The lowest BCUT2D eigenvalue weighted by molar-refractivity contribution is 0.208. The number of benzene rings is 2. The first kappa shape index (κ1) is 17.3. The van der Waals surface area contributed by atoms with Crippen LogP contribution in [0.2, 0.25) is 0 Å². The Hall–Kier alpha value is -3.16. The number of aryl methyl sites for hydroxylation is 1. The summed E-state index contributed by atoms with van der Waals surface area (Å²) in [6, 6.07) is 15.0. The molecule has 0 fully saturated rings. The molecule has 6 N–H and O–H groups in total. The molecule has 0 saturated carbocycles. The van der Waals surface area contributed by atoms with Crippen molar-refractivity contribution in [2.24, 2.45) is 0 Å². The van der Waals surface area contributed by atoms with Crippen LogP contribution in [-0.4, -0.2) is 31.8 Å². The topological polar surface area (TPSA) is 120 Å². The molecular formula is C20H21N5O2. The summed E-state index contributed by atoms with van der Waals surface area (Å²) in [5, 5.41) is 23.3. The predicted octanol–water partition coefficient (Wildman–Crippen LogP) is 2.72. The van der Waals surface area contributed by atoms with Gasteiger partial charge in [0.05, 0.1) is 5.52 Å². The Balaban J connectivity index is 1.69. The van der Waals surface area contributed by atoms with Gasteiger partial charge in [-0.1, -0.05) is 30.3 Å². The Kier molecular flexibility index (Phi) is 4.62. The third kappa shape index (κ3) is 3.42. The molecule has 4 rings (SSSR count). The van der Waals surface area contributed by atoms with Crippen molar-refractivity contribution < 1.29 is 10.2 Å². The molecule has 2 aromatic heterocycles. The maximum absolute atomic E-state index is 10.4. The molecule has 0 aliphatic carbocycles. The molecule has 0 amide bonds. The Morgan fingerprint density at radius 1 is 1.11 bits per heavy atom. The van der Waals surface area contributed by atoms with Gasteiger partial charge in [0.1, 0.15) is 22.7 Å². The van der Waals surface area contributed by atoms with Crippen LogP contribution in [0.3, 0.4) is 0 Å². The molecule has 0 spiro atoms. The third-order valence-electron chi connectivity index (χ3n) is 4.49. The fourth-order valence-electron chi connectivity index (χ4n) is 3.14. The summed E-state index contributed by atoms with van der Waals surface area (Å²) in [7, 11) is 0. The number of aliphatic hydroxyl groups is 2. The number of aromatic amines is 1. The molecule has 4 aromatic rings. The lowest BCUT2D eigenvalue weighted by atomic mass is 10.1. The van der Waals surface area contributed by atoms with E-state index in [4.69, 9.17) is 10.8 Å². The van der Waals surface area contributed by atoms with Gasteiger partial charge in [-0.05, 0) is 24.6 Å². The monoisotopic (exact) mass is 363 g/mol. The first-order chi connectivity index (χ1) is 13.2. The van der Waals surface area contributed by atoms with Gasteiger partial charge >= 0.3 is 0 Å². The van der Waals surface area contributed by atoms with E-state index in [0.717, 1.165) is 28.0 Å². The van der Waals surface area contributed by atoms with Crippen LogP contribution in [0.25, 0.3) is 21.9 Å². The van der Waals surface area contributed by atoms with Crippen molar-refractivity contribution in [3.05, 3.63) is 59.9 Å². The van der Waals surface area contributed by atoms with Crippen LogP contribution in [0.5, 0.6) is 0 Å². The van der Waals surface area contributed by atoms with Crippen LogP contribution in [0.4, 0.5) is 11.5 Å². The molecule has 0 radical (unpaired) electrons. The van der Waals surface area contributed by atoms with Crippen molar-refractivity contribution >= 4 is 33.4 Å². The number of aliphatic hydroxyl groups excluding tert-OH is 2. The zero-order valence-electron chi connectivity index (χ0n) is 14.7. The molecule has 7 heteroatoms. The number of fused-ring (bicyclic) bond motifs is 3. The van der Waals surface area contributed by atoms with Gasteiger partial charge in [-0.15, -0.1) is 0 Å². The second kappa shape index (κ2) is 7.22. The second-order valence-electron chi connectivity index (χ2n) is 6.42. The largest absolute Gasteiger partial charge is 0.396 e. The van der Waals surface area contributed by atoms with Crippen LogP contribution in [-0.2, 0) is 6.42 Å². The molecule has 0 aliphatic heterocycles. The molecule has 138 valence electrons. The highest BCUT2D eigenvalue weighted by Gasteiger charge is 2.13. The molecule has 1 atom stereocenters. The molecular weight excluding hydrogens is 342 g/mol. The summed E-state index contributed by atoms with van der Waals surface area (Å²) < 4.78 is 0. The van der Waals surface area contributed by atoms with Crippen molar-refractivity contribution in [1.29, 1.82) is 0 Å². The van der Waals surface area contributed by atoms with Crippen LogP contribution >= 0.6 is 0 Å². The van der Waals surface area contributed by atoms with E-state index in [9.17, 15) is 5.11 Å². The molecule has 0 aliphatic rings. The molecule has 2 heterocycles. The zero-order chi connectivity index (χ0) is 18.8. The molecule has 2 aromatic carbocycles. The van der Waals surface area contributed by atoms with E-state index in [0.29, 0.717) is 29.7 Å². The van der Waals surface area contributed by atoms with Gasteiger partial charge in [-0.2, -0.15) is 0 Å². The number of pyridine rings is 1. The van der Waals surface area contributed by atoms with Gasteiger partial charge < -0.3 is 26.2 Å². The van der Waals surface area contributed by atoms with E-state index in [1.54, 1.807) is 0 Å². The number of nitrogens with one attached hydrogen (secondary N) is 2. The van der Waals surface area contributed by atoms with Crippen LogP contribution in [0.1, 0.15) is 24.0 Å². The number of aromatic nitrogens is 3. The van der Waals surface area contributed by atoms with Crippen molar-refractivity contribution in [1.82, 2.24) is 15.0 Å². The lowest BCUT2D eigenvalue weighted by Gasteiger charge is -2.15. The number of hydrogen-bond acceptors (Lipinski definition) is 6. The van der Waals surface area contributed by atoms with Gasteiger partial charge in [0.25, 0.3) is 0 Å². The van der Waals surface area contributed by atoms with Crippen LogP contribution in [0.15, 0.2) is 48.5 Å². The highest BCUT2D eigenvalue weighted by molar-refractivity contribution is 6.06. The number of H-pyrrole nitrogens is 1. The molecule has 0 saturated heterocycles. The Bertz CT molecular complexity index is 1080. The minimum absolute atomic E-state index is 0.115. The first-order valence-electron chi connectivity index (χ1n) is 8.84. The molecule has 27 heavy (non-hydrogen) atoms. The highest BCUT2D eigenvalue weighted by Crippen LogP contribution is 2.29. The van der Waals surface area contributed by atoms with Gasteiger partial charge in [0.2, 0.25) is 0 Å². The second-order valence-corrected chi connectivity index (χ2v) is 6.42. The minimum Gasteiger partial charge on any atom is -0.396 e. The minimum atomic E-state index is -0.819. The number of rotatable bonds is 6. The van der Waals surface area contributed by atoms with E-state index < -0.39 is 6.23 Å². The summed E-state index contributed by atoms with van der Waals surface area (Å²) in [6.07, 6.45) is 0.464. The fourth-order valence-corrected chi connectivity index (χ4v) is 3.14. The summed E-state index contributed by atoms with van der Waals surface area (Å²) in [5.41, 5.74) is 9.79. The average molecular weight is 363 g/mol. The summed E-state index contributed by atoms with van der Waals surface area (Å²) in [4.78, 5) is 12.3. The van der Waals surface area contributed by atoms with E-state index in [-0.39, 0.29) is 6.61 Å². The van der Waals surface area contributed by atoms with Gasteiger partial charge in [-0.3, -0.25) is 0 Å². The van der Waals surface area contributed by atoms with Crippen molar-refractivity contribution in [2.75, 3.05) is 17.7 Å². The van der Waals surface area contributed by atoms with Crippen molar-refractivity contribution in [3.63, 3.8) is 0 Å². The highest BCUT2D eigenvalue weighted by atomic mass is 16.3. The number of nitrogens with zero attached hydrogens (tertiary/aromatic N) is 2. The number of nitrogens with two attached hydrogens (primary N) is 1. The fraction of sp³-hybridized carbons (Fsp3) is 0.200. The number of imidazole rings is 1. The van der Waals surface area contributed by atoms with E-state index in [1.807, 2.05) is 48.5 Å². The maximum atomic E-state index is 10.4. The quantitative estimate of drug-likeness (QED) is 0.336. The van der Waals surface area contributed by atoms with Gasteiger partial charge in [0.15, 0.2) is 6.23 Å². The number of nitrogen functional groups attached to an aromatic ring is 1. The van der Waals surface area contributed by atoms with E-state index in [1.165, 1.54) is 0 Å². The van der Waals surface area contributed by atoms with Crippen LogP contribution < -0.4 is 11.1 Å². The first-order valence-corrected chi connectivity index (χ1v) is 8.84. The summed E-state index contributed by atoms with van der Waals surface area (Å²) in [5.74, 6) is 1.16. The predicted molar refractivity (Wildman–Crippen MR) is 106 cm³/mol. The Labute approximate surface area is 155 Å². The lowest BCUT2D eigenvalue weighted by Crippen LogP contribution is -2.09. The third-order valence-corrected chi connectivity index (χ3v) is 4.49. The van der Waals surface area contributed by atoms with Crippen molar-refractivity contribution in [3.8, 4) is 0 Å². The van der Waals surface area contributed by atoms with Crippen molar-refractivity contribution in [2.45, 2.75) is 19.1 Å². The van der Waals surface area contributed by atoms with E-state index >= 15 is 0 Å². The maximum Gasteiger partial charge on any atom is 0.150 e. The number of anilines is 2. The normalized spacial score (nSPS) is 12.5. The summed E-state index contributed by atoms with van der Waals surface area (Å²) in [6.45, 7) is 0.115. The molecule has 1 unspecified atom stereocenters. The average Bonchev–Trinajstić information content (AvgIpc) is 3.12. The van der Waals surface area contributed by atoms with E-state index in [2.05, 4.69) is 20.3 Å². The van der Waals surface area contributed by atoms with Gasteiger partial charge in [-0.25, -0.2) is 9.97 Å². The molecule has 7 nitrogen and oxygen atoms in total. The molecule has 0 bridgehead atoms.